The number of hydrogen-bond acceptors (Lipinski definition) is 5. The molecule has 0 saturated heterocycles. The largest absolute Gasteiger partial charge is 0.647 e. The van der Waals surface area contributed by atoms with Crippen molar-refractivity contribution in [3.05, 3.63) is 83.9 Å². The van der Waals surface area contributed by atoms with E-state index in [4.69, 9.17) is 13.6 Å². The predicted octanol–water partition coefficient (Wildman–Crippen LogP) is 7.28. The summed E-state index contributed by atoms with van der Waals surface area (Å²) in [5.74, 6) is 1.33. The van der Waals surface area contributed by atoms with Crippen LogP contribution in [0.4, 0.5) is 0 Å². The molecule has 0 amide bonds. The van der Waals surface area contributed by atoms with E-state index in [0.717, 1.165) is 11.1 Å². The fraction of sp³-hybridized carbons (Fsp3) is 0.250. The average Bonchev–Trinajstić information content (AvgIpc) is 2.68. The van der Waals surface area contributed by atoms with Gasteiger partial charge in [-0.3, -0.25) is 0 Å². The van der Waals surface area contributed by atoms with Crippen LogP contribution in [-0.2, 0) is 4.57 Å². The molecule has 158 valence electrons. The molecule has 5 nitrogen and oxygen atoms in total. The van der Waals surface area contributed by atoms with Gasteiger partial charge in [0.15, 0.2) is 0 Å². The molecule has 0 fully saturated rings. The number of benzene rings is 3. The Hall–Kier alpha value is -2.91. The molecule has 0 unspecified atom stereocenters. The second kappa shape index (κ2) is 9.27. The first-order chi connectivity index (χ1) is 14.3. The lowest BCUT2D eigenvalue weighted by Gasteiger charge is -2.23. The summed E-state index contributed by atoms with van der Waals surface area (Å²) in [7, 11) is -4.15. The van der Waals surface area contributed by atoms with Gasteiger partial charge in [0.05, 0.1) is 0 Å². The van der Waals surface area contributed by atoms with Gasteiger partial charge in [0, 0.05) is 6.07 Å². The van der Waals surface area contributed by atoms with Crippen LogP contribution in [0.25, 0.3) is 0 Å². The molecule has 0 aliphatic rings. The quantitative estimate of drug-likeness (QED) is 0.383. The molecule has 0 aliphatic heterocycles. The second-order valence-electron chi connectivity index (χ2n) is 7.60. The number of phenols is 1. The first-order valence-corrected chi connectivity index (χ1v) is 11.4. The minimum atomic E-state index is -4.15. The van der Waals surface area contributed by atoms with Crippen molar-refractivity contribution in [3.8, 4) is 23.0 Å². The topological polar surface area (TPSA) is 65.0 Å². The molecule has 3 aromatic rings. The van der Waals surface area contributed by atoms with Gasteiger partial charge in [0.25, 0.3) is 0 Å². The Balaban J connectivity index is 2.02. The van der Waals surface area contributed by atoms with E-state index in [-0.39, 0.29) is 23.3 Å². The Morgan fingerprint density at radius 3 is 1.67 bits per heavy atom. The summed E-state index contributed by atoms with van der Waals surface area (Å²) in [6.45, 7) is 8.10. The summed E-state index contributed by atoms with van der Waals surface area (Å²) in [6.07, 6.45) is 0. The van der Waals surface area contributed by atoms with Gasteiger partial charge in [0.1, 0.15) is 23.0 Å². The zero-order valence-corrected chi connectivity index (χ0v) is 18.5. The monoisotopic (exact) mass is 426 g/mol. The maximum absolute atomic E-state index is 13.8. The molecule has 0 bridgehead atoms. The smallest absolute Gasteiger partial charge is 0.508 e. The Morgan fingerprint density at radius 1 is 0.700 bits per heavy atom. The highest BCUT2D eigenvalue weighted by Crippen LogP contribution is 2.52. The van der Waals surface area contributed by atoms with Crippen molar-refractivity contribution in [2.24, 2.45) is 0 Å². The zero-order chi connectivity index (χ0) is 21.7. The van der Waals surface area contributed by atoms with E-state index < -0.39 is 7.82 Å². The highest BCUT2D eigenvalue weighted by atomic mass is 31.2. The van der Waals surface area contributed by atoms with Crippen molar-refractivity contribution in [3.63, 3.8) is 0 Å². The van der Waals surface area contributed by atoms with Crippen LogP contribution >= 0.6 is 7.82 Å². The first kappa shape index (κ1) is 21.8. The number of rotatable bonds is 8. The molecule has 30 heavy (non-hydrogen) atoms. The summed E-state index contributed by atoms with van der Waals surface area (Å²) < 4.78 is 31.4. The van der Waals surface area contributed by atoms with Gasteiger partial charge in [-0.15, -0.1) is 0 Å². The number of phenolic OH excluding ortho intramolecular Hbond substituents is 1. The van der Waals surface area contributed by atoms with E-state index in [1.165, 1.54) is 12.1 Å². The predicted molar refractivity (Wildman–Crippen MR) is 119 cm³/mol. The highest BCUT2D eigenvalue weighted by Gasteiger charge is 2.35. The van der Waals surface area contributed by atoms with Crippen molar-refractivity contribution >= 4 is 7.82 Å². The number of phosphoric ester groups is 1. The van der Waals surface area contributed by atoms with Gasteiger partial charge in [-0.05, 0) is 47.2 Å². The van der Waals surface area contributed by atoms with E-state index >= 15 is 0 Å². The third-order valence-electron chi connectivity index (χ3n) is 4.54. The van der Waals surface area contributed by atoms with E-state index in [9.17, 15) is 9.67 Å². The van der Waals surface area contributed by atoms with E-state index in [2.05, 4.69) is 0 Å². The number of para-hydroxylation sites is 2. The van der Waals surface area contributed by atoms with E-state index in [1.54, 1.807) is 24.3 Å². The number of phosphoric acid groups is 1. The molecule has 0 heterocycles. The lowest BCUT2D eigenvalue weighted by Crippen LogP contribution is -2.10. The van der Waals surface area contributed by atoms with E-state index in [0.29, 0.717) is 11.5 Å². The molecule has 0 aromatic heterocycles. The van der Waals surface area contributed by atoms with Crippen LogP contribution < -0.4 is 13.6 Å². The van der Waals surface area contributed by atoms with Crippen LogP contribution in [0.3, 0.4) is 0 Å². The Morgan fingerprint density at radius 2 is 1.20 bits per heavy atom. The molecule has 6 heteroatoms. The Labute approximate surface area is 177 Å². The fourth-order valence-corrected chi connectivity index (χ4v) is 4.35. The van der Waals surface area contributed by atoms with Crippen LogP contribution in [0, 0.1) is 0 Å². The fourth-order valence-electron chi connectivity index (χ4n) is 3.05. The minimum Gasteiger partial charge on any atom is -0.508 e. The van der Waals surface area contributed by atoms with Gasteiger partial charge in [-0.2, -0.15) is 4.57 Å². The third kappa shape index (κ3) is 5.37. The van der Waals surface area contributed by atoms with Gasteiger partial charge in [-0.25, -0.2) is 0 Å². The second-order valence-corrected chi connectivity index (χ2v) is 9.05. The number of aromatic hydroxyl groups is 1. The number of hydrogen-bond donors (Lipinski definition) is 1. The molecule has 3 aromatic carbocycles. The van der Waals surface area contributed by atoms with Crippen molar-refractivity contribution in [2.45, 2.75) is 39.5 Å². The van der Waals surface area contributed by atoms with Crippen molar-refractivity contribution in [1.29, 1.82) is 0 Å². The lowest BCUT2D eigenvalue weighted by molar-refractivity contribution is 0.295. The summed E-state index contributed by atoms with van der Waals surface area (Å²) >= 11 is 0. The first-order valence-electron chi connectivity index (χ1n) is 9.93. The highest BCUT2D eigenvalue weighted by molar-refractivity contribution is 7.49. The zero-order valence-electron chi connectivity index (χ0n) is 17.6. The molecule has 0 spiro atoms. The molecular formula is C24H27O5P. The van der Waals surface area contributed by atoms with Gasteiger partial charge < -0.3 is 18.7 Å². The van der Waals surface area contributed by atoms with Crippen molar-refractivity contribution in [1.82, 2.24) is 0 Å². The standard InChI is InChI=1S/C24H27O5P/c1-17(2)21-12-5-7-14-23(21)28-30(26,27-20-11-9-10-19(25)16-20)29-24-15-8-6-13-22(24)18(3)4/h5-18,25H,1-4H3. The van der Waals surface area contributed by atoms with Gasteiger partial charge >= 0.3 is 7.82 Å². The summed E-state index contributed by atoms with van der Waals surface area (Å²) in [6, 6.07) is 20.8. The summed E-state index contributed by atoms with van der Waals surface area (Å²) in [5.41, 5.74) is 1.77. The molecule has 0 aliphatic carbocycles. The Bertz CT molecular complexity index is 988. The molecular weight excluding hydrogens is 399 g/mol. The van der Waals surface area contributed by atoms with Gasteiger partial charge in [0.2, 0.25) is 0 Å². The lowest BCUT2D eigenvalue weighted by atomic mass is 10.0. The van der Waals surface area contributed by atoms with Crippen LogP contribution in [0.2, 0.25) is 0 Å². The maximum Gasteiger partial charge on any atom is 0.647 e. The third-order valence-corrected chi connectivity index (χ3v) is 5.81. The van der Waals surface area contributed by atoms with Crippen LogP contribution in [0.1, 0.15) is 50.7 Å². The van der Waals surface area contributed by atoms with Crippen LogP contribution in [0.5, 0.6) is 23.0 Å². The van der Waals surface area contributed by atoms with Crippen molar-refractivity contribution in [2.75, 3.05) is 0 Å². The van der Waals surface area contributed by atoms with Crippen LogP contribution in [0.15, 0.2) is 72.8 Å². The summed E-state index contributed by atoms with van der Waals surface area (Å²) in [5, 5.41) is 9.77. The van der Waals surface area contributed by atoms with Gasteiger partial charge in [-0.1, -0.05) is 70.2 Å². The molecule has 0 radical (unpaired) electrons. The molecule has 0 atom stereocenters. The minimum absolute atomic E-state index is 0.00999. The van der Waals surface area contributed by atoms with Crippen LogP contribution in [-0.4, -0.2) is 5.11 Å². The molecule has 3 rings (SSSR count). The normalized spacial score (nSPS) is 11.5. The average molecular weight is 426 g/mol. The maximum atomic E-state index is 13.8. The van der Waals surface area contributed by atoms with Crippen molar-refractivity contribution < 1.29 is 23.2 Å². The molecule has 1 N–H and O–H groups in total. The van der Waals surface area contributed by atoms with E-state index in [1.807, 2.05) is 64.1 Å². The Kier molecular flexibility index (Phi) is 6.73. The SMILES string of the molecule is CC(C)c1ccccc1OP(=O)(Oc1cccc(O)c1)Oc1ccccc1C(C)C. The summed E-state index contributed by atoms with van der Waals surface area (Å²) in [4.78, 5) is 0. The molecule has 0 saturated carbocycles.